The van der Waals surface area contributed by atoms with Gasteiger partial charge >= 0.3 is 0 Å². The summed E-state index contributed by atoms with van der Waals surface area (Å²) in [4.78, 5) is 4.62. The molecule has 3 heterocycles. The number of nitrogens with zero attached hydrogens (tertiary/aromatic N) is 1. The van der Waals surface area contributed by atoms with Crippen LogP contribution < -0.4 is 14.8 Å². The molecule has 2 aromatic carbocycles. The van der Waals surface area contributed by atoms with Crippen LogP contribution >= 0.6 is 0 Å². The fraction of sp³-hybridized carbons (Fsp3) is 0.240. The number of nitrogens with one attached hydrogen (secondary N) is 1. The predicted octanol–water partition coefficient (Wildman–Crippen LogP) is 5.85. The third kappa shape index (κ3) is 2.79. The fourth-order valence-electron chi connectivity index (χ4n) is 4.61. The lowest BCUT2D eigenvalue weighted by Crippen LogP contribution is -2.32. The molecule has 1 atom stereocenters. The average molecular weight is 384 g/mol. The van der Waals surface area contributed by atoms with E-state index in [2.05, 4.69) is 49.3 Å². The van der Waals surface area contributed by atoms with Crippen LogP contribution in [0.15, 0.2) is 60.8 Å². The first-order valence-corrected chi connectivity index (χ1v) is 9.88. The summed E-state index contributed by atoms with van der Waals surface area (Å²) < 4.78 is 12.2. The minimum atomic E-state index is -0.285. The van der Waals surface area contributed by atoms with E-state index in [-0.39, 0.29) is 11.6 Å². The standard InChI is InChI=1S/C25H24N2O2/c1-15-14-25(2,3)27-17-12-11-16-22-19(28-4)9-7-10-20(22)29-24(23(16)21(15)17)18-8-5-6-13-26-18/h5-14,24,27H,1-4H3. The number of aromatic nitrogens is 1. The number of benzene rings is 2. The molecule has 2 aliphatic heterocycles. The monoisotopic (exact) mass is 384 g/mol. The average Bonchev–Trinajstić information content (AvgIpc) is 2.71. The van der Waals surface area contributed by atoms with E-state index in [0.29, 0.717) is 0 Å². The van der Waals surface area contributed by atoms with Crippen molar-refractivity contribution in [3.8, 4) is 22.6 Å². The molecule has 5 rings (SSSR count). The van der Waals surface area contributed by atoms with Crippen LogP contribution in [0.4, 0.5) is 5.69 Å². The van der Waals surface area contributed by atoms with Crippen molar-refractivity contribution in [1.82, 2.24) is 4.98 Å². The highest BCUT2D eigenvalue weighted by Crippen LogP contribution is 2.52. The predicted molar refractivity (Wildman–Crippen MR) is 116 cm³/mol. The number of pyridine rings is 1. The van der Waals surface area contributed by atoms with Crippen LogP contribution in [0.1, 0.15) is 43.7 Å². The lowest BCUT2D eigenvalue weighted by molar-refractivity contribution is 0.237. The number of rotatable bonds is 2. The summed E-state index contributed by atoms with van der Waals surface area (Å²) in [7, 11) is 1.70. The van der Waals surface area contributed by atoms with Gasteiger partial charge in [0.15, 0.2) is 6.10 Å². The van der Waals surface area contributed by atoms with Crippen molar-refractivity contribution in [2.24, 2.45) is 0 Å². The van der Waals surface area contributed by atoms with E-state index in [1.165, 1.54) is 11.1 Å². The van der Waals surface area contributed by atoms with Gasteiger partial charge in [-0.05, 0) is 62.2 Å². The van der Waals surface area contributed by atoms with Crippen molar-refractivity contribution in [1.29, 1.82) is 0 Å². The van der Waals surface area contributed by atoms with Crippen molar-refractivity contribution in [2.45, 2.75) is 32.4 Å². The van der Waals surface area contributed by atoms with Crippen LogP contribution in [-0.2, 0) is 0 Å². The van der Waals surface area contributed by atoms with Gasteiger partial charge in [0.1, 0.15) is 11.5 Å². The summed E-state index contributed by atoms with van der Waals surface area (Å²) in [6, 6.07) is 16.3. The zero-order chi connectivity index (χ0) is 20.2. The topological polar surface area (TPSA) is 43.4 Å². The van der Waals surface area contributed by atoms with Crippen LogP contribution in [-0.4, -0.2) is 17.6 Å². The summed E-state index contributed by atoms with van der Waals surface area (Å²) >= 11 is 0. The molecule has 2 aliphatic rings. The maximum Gasteiger partial charge on any atom is 0.167 e. The number of methoxy groups -OCH3 is 1. The lowest BCUT2D eigenvalue weighted by Gasteiger charge is -2.37. The van der Waals surface area contributed by atoms with E-state index in [1.54, 1.807) is 7.11 Å². The number of fused-ring (bicyclic) bond motifs is 5. The third-order valence-electron chi connectivity index (χ3n) is 5.61. The molecule has 0 bridgehead atoms. The highest BCUT2D eigenvalue weighted by atomic mass is 16.5. The first-order valence-electron chi connectivity index (χ1n) is 9.88. The molecule has 29 heavy (non-hydrogen) atoms. The molecule has 3 aromatic rings. The van der Waals surface area contributed by atoms with Gasteiger partial charge in [0.05, 0.1) is 23.9 Å². The summed E-state index contributed by atoms with van der Waals surface area (Å²) in [5.74, 6) is 1.63. The Morgan fingerprint density at radius 1 is 1.03 bits per heavy atom. The minimum Gasteiger partial charge on any atom is -0.496 e. The molecular formula is C25H24N2O2. The molecule has 4 nitrogen and oxygen atoms in total. The molecular weight excluding hydrogens is 360 g/mol. The molecule has 1 N–H and O–H groups in total. The van der Waals surface area contributed by atoms with Crippen LogP contribution in [0.3, 0.4) is 0 Å². The first kappa shape index (κ1) is 17.8. The molecule has 1 unspecified atom stereocenters. The third-order valence-corrected chi connectivity index (χ3v) is 5.61. The molecule has 0 saturated carbocycles. The Morgan fingerprint density at radius 2 is 1.90 bits per heavy atom. The Balaban J connectivity index is 1.84. The van der Waals surface area contributed by atoms with Gasteiger partial charge in [0.25, 0.3) is 0 Å². The maximum absolute atomic E-state index is 6.56. The molecule has 0 radical (unpaired) electrons. The van der Waals surface area contributed by atoms with E-state index < -0.39 is 0 Å². The summed E-state index contributed by atoms with van der Waals surface area (Å²) in [6.45, 7) is 6.54. The van der Waals surface area contributed by atoms with Crippen molar-refractivity contribution < 1.29 is 9.47 Å². The molecule has 4 heteroatoms. The van der Waals surface area contributed by atoms with Crippen molar-refractivity contribution in [3.63, 3.8) is 0 Å². The Kier molecular flexibility index (Phi) is 3.91. The first-order chi connectivity index (χ1) is 14.0. The normalized spacial score (nSPS) is 18.3. The van der Waals surface area contributed by atoms with E-state index >= 15 is 0 Å². The highest BCUT2D eigenvalue weighted by molar-refractivity contribution is 5.91. The number of hydrogen-bond acceptors (Lipinski definition) is 4. The van der Waals surface area contributed by atoms with Gasteiger partial charge < -0.3 is 14.8 Å². The Hall–Kier alpha value is -3.27. The Labute approximate surface area is 171 Å². The SMILES string of the molecule is COc1cccc2c1-c1ccc3c(c1C(c1ccccn1)O2)C(C)=CC(C)(C)N3. The molecule has 0 amide bonds. The number of hydrogen-bond donors (Lipinski definition) is 1. The van der Waals surface area contributed by atoms with Gasteiger partial charge in [0.2, 0.25) is 0 Å². The molecule has 0 spiro atoms. The van der Waals surface area contributed by atoms with Crippen molar-refractivity contribution in [2.75, 3.05) is 12.4 Å². The van der Waals surface area contributed by atoms with Crippen LogP contribution in [0.5, 0.6) is 11.5 Å². The van der Waals surface area contributed by atoms with E-state index in [4.69, 9.17) is 9.47 Å². The molecule has 1 aromatic heterocycles. The molecule has 0 fully saturated rings. The van der Waals surface area contributed by atoms with E-state index in [9.17, 15) is 0 Å². The number of anilines is 1. The molecule has 0 saturated heterocycles. The quantitative estimate of drug-likeness (QED) is 0.602. The van der Waals surface area contributed by atoms with Gasteiger partial charge in [-0.3, -0.25) is 4.98 Å². The molecule has 146 valence electrons. The summed E-state index contributed by atoms with van der Waals surface area (Å²) in [5.41, 5.74) is 7.61. The fourth-order valence-corrected chi connectivity index (χ4v) is 4.61. The Morgan fingerprint density at radius 3 is 2.66 bits per heavy atom. The van der Waals surface area contributed by atoms with Gasteiger partial charge in [0, 0.05) is 23.0 Å². The lowest BCUT2D eigenvalue weighted by atomic mass is 9.81. The smallest absolute Gasteiger partial charge is 0.167 e. The van der Waals surface area contributed by atoms with Gasteiger partial charge in [-0.2, -0.15) is 0 Å². The number of ether oxygens (including phenoxy) is 2. The summed E-state index contributed by atoms with van der Waals surface area (Å²) in [5, 5.41) is 3.66. The molecule has 0 aliphatic carbocycles. The largest absolute Gasteiger partial charge is 0.496 e. The van der Waals surface area contributed by atoms with Crippen molar-refractivity contribution in [3.05, 3.63) is 77.6 Å². The second-order valence-corrected chi connectivity index (χ2v) is 8.21. The van der Waals surface area contributed by atoms with E-state index in [1.807, 2.05) is 42.6 Å². The van der Waals surface area contributed by atoms with Gasteiger partial charge in [-0.25, -0.2) is 0 Å². The maximum atomic E-state index is 6.56. The zero-order valence-corrected chi connectivity index (χ0v) is 17.1. The Bertz CT molecular complexity index is 1130. The summed E-state index contributed by atoms with van der Waals surface area (Å²) in [6.07, 6.45) is 3.81. The van der Waals surface area contributed by atoms with Crippen LogP contribution in [0.2, 0.25) is 0 Å². The highest BCUT2D eigenvalue weighted by Gasteiger charge is 2.36. The zero-order valence-electron chi connectivity index (χ0n) is 17.1. The minimum absolute atomic E-state index is 0.100. The van der Waals surface area contributed by atoms with Crippen molar-refractivity contribution >= 4 is 11.3 Å². The number of allylic oxidation sites excluding steroid dienone is 1. The van der Waals surface area contributed by atoms with Gasteiger partial charge in [-0.15, -0.1) is 0 Å². The van der Waals surface area contributed by atoms with Crippen LogP contribution in [0, 0.1) is 0 Å². The van der Waals surface area contributed by atoms with E-state index in [0.717, 1.165) is 39.6 Å². The van der Waals surface area contributed by atoms with Gasteiger partial charge in [-0.1, -0.05) is 24.3 Å². The second-order valence-electron chi connectivity index (χ2n) is 8.21. The van der Waals surface area contributed by atoms with Crippen LogP contribution in [0.25, 0.3) is 16.7 Å². The second kappa shape index (κ2) is 6.38.